The van der Waals surface area contributed by atoms with Gasteiger partial charge in [-0.05, 0) is 18.5 Å². The lowest BCUT2D eigenvalue weighted by atomic mass is 10.6. The summed E-state index contributed by atoms with van der Waals surface area (Å²) in [6, 6.07) is 0. The predicted octanol–water partition coefficient (Wildman–Crippen LogP) is 0.853. The van der Waals surface area contributed by atoms with Crippen LogP contribution >= 0.6 is 11.6 Å². The number of rotatable bonds is 1. The van der Waals surface area contributed by atoms with E-state index in [1.807, 2.05) is 0 Å². The molecular weight excluding hydrogens is 87.5 g/mol. The smallest absolute Gasteiger partial charge is 0.221 e. The highest BCUT2D eigenvalue weighted by Crippen LogP contribution is 1.80. The average Bonchev–Trinajstić information content (AvgIpc) is 1.38. The summed E-state index contributed by atoms with van der Waals surface area (Å²) >= 11 is 4.70. The Morgan fingerprint density at radius 2 is 2.20 bits per heavy atom. The average molecular weight is 90.5 g/mol. The van der Waals surface area contributed by atoms with Gasteiger partial charge < -0.3 is 0 Å². The summed E-state index contributed by atoms with van der Waals surface area (Å²) in [5.74, 6) is 0. The molecule has 0 aliphatic heterocycles. The zero-order chi connectivity index (χ0) is 4.28. The summed E-state index contributed by atoms with van der Waals surface area (Å²) in [5.41, 5.74) is 0. The molecule has 2 heteroatoms. The lowest BCUT2D eigenvalue weighted by Gasteiger charge is -1.67. The summed E-state index contributed by atoms with van der Waals surface area (Å²) < 4.78 is 0. The molecule has 0 unspecified atom stereocenters. The normalized spacial score (nSPS) is 7.60. The molecule has 5 heavy (non-hydrogen) atoms. The molecule has 2 radical (unpaired) electrons. The third kappa shape index (κ3) is 3.96. The molecule has 0 bridgehead atoms. The van der Waals surface area contributed by atoms with Crippen LogP contribution in [0.3, 0.4) is 0 Å². The third-order valence-electron chi connectivity index (χ3n) is 0.160. The van der Waals surface area contributed by atoms with Gasteiger partial charge in [-0.2, -0.15) is 0 Å². The van der Waals surface area contributed by atoms with Crippen LogP contribution < -0.4 is 0 Å². The summed E-state index contributed by atoms with van der Waals surface area (Å²) in [4.78, 5) is 9.45. The first-order valence-electron chi connectivity index (χ1n) is 1.15. The highest BCUT2D eigenvalue weighted by molar-refractivity contribution is 6.63. The van der Waals surface area contributed by atoms with Crippen LogP contribution in [-0.4, -0.2) is 5.24 Å². The van der Waals surface area contributed by atoms with Crippen molar-refractivity contribution in [3.8, 4) is 0 Å². The Labute approximate surface area is 35.9 Å². The second-order valence-corrected chi connectivity index (χ2v) is 0.981. The van der Waals surface area contributed by atoms with Gasteiger partial charge in [0.1, 0.15) is 0 Å². The quantitative estimate of drug-likeness (QED) is 0.437. The van der Waals surface area contributed by atoms with Gasteiger partial charge in [-0.3, -0.25) is 4.79 Å². The van der Waals surface area contributed by atoms with Crippen molar-refractivity contribution in [3.05, 3.63) is 6.92 Å². The Hall–Kier alpha value is -0.0400. The van der Waals surface area contributed by atoms with Gasteiger partial charge in [-0.25, -0.2) is 0 Å². The largest absolute Gasteiger partial charge is 0.281 e. The van der Waals surface area contributed by atoms with Gasteiger partial charge in [-0.15, -0.1) is 0 Å². The van der Waals surface area contributed by atoms with E-state index in [1.54, 1.807) is 0 Å². The number of hydrogen-bond acceptors (Lipinski definition) is 1. The van der Waals surface area contributed by atoms with E-state index in [0.717, 1.165) is 0 Å². The van der Waals surface area contributed by atoms with Crippen LogP contribution in [0.2, 0.25) is 0 Å². The maximum Gasteiger partial charge on any atom is 0.221 e. The molecule has 0 saturated carbocycles. The van der Waals surface area contributed by atoms with Gasteiger partial charge in [0.2, 0.25) is 5.24 Å². The first-order valence-corrected chi connectivity index (χ1v) is 1.53. The predicted molar refractivity (Wildman–Crippen MR) is 19.8 cm³/mol. The SMILES string of the molecule is [CH]CC(=O)Cl. The highest BCUT2D eigenvalue weighted by Gasteiger charge is 1.81. The van der Waals surface area contributed by atoms with Gasteiger partial charge in [0, 0.05) is 6.42 Å². The minimum Gasteiger partial charge on any atom is -0.281 e. The van der Waals surface area contributed by atoms with E-state index in [-0.39, 0.29) is 6.42 Å². The number of carbonyl (C=O) groups excluding carboxylic acids is 1. The zero-order valence-electron chi connectivity index (χ0n) is 2.57. The minimum absolute atomic E-state index is 0.0679. The van der Waals surface area contributed by atoms with Crippen LogP contribution in [0.1, 0.15) is 6.42 Å². The van der Waals surface area contributed by atoms with Crippen LogP contribution in [-0.2, 0) is 4.79 Å². The molecule has 0 aromatic rings. The van der Waals surface area contributed by atoms with Crippen molar-refractivity contribution < 1.29 is 4.79 Å². The van der Waals surface area contributed by atoms with Crippen LogP contribution in [0.5, 0.6) is 0 Å². The molecule has 1 nitrogen and oxygen atoms in total. The third-order valence-corrected chi connectivity index (χ3v) is 0.315. The maximum absolute atomic E-state index is 9.45. The van der Waals surface area contributed by atoms with Crippen LogP contribution in [0, 0.1) is 6.92 Å². The number of hydrogen-bond donors (Lipinski definition) is 0. The second kappa shape index (κ2) is 2.21. The molecule has 0 heterocycles. The molecule has 0 aromatic carbocycles. The molecule has 28 valence electrons. The molecule has 0 fully saturated rings. The fourth-order valence-corrected chi connectivity index (χ4v) is 0. The van der Waals surface area contributed by atoms with Crippen molar-refractivity contribution in [2.24, 2.45) is 0 Å². The molecule has 0 spiro atoms. The number of halogens is 1. The Kier molecular flexibility index (Phi) is 2.19. The standard InChI is InChI=1S/C3H3ClO/c1-2-3(4)5/h1H,2H2. The second-order valence-electron chi connectivity index (χ2n) is 0.559. The lowest BCUT2D eigenvalue weighted by molar-refractivity contribution is -0.111. The van der Waals surface area contributed by atoms with E-state index in [0.29, 0.717) is 0 Å². The highest BCUT2D eigenvalue weighted by atomic mass is 35.5. The molecule has 0 aromatic heterocycles. The van der Waals surface area contributed by atoms with Crippen LogP contribution in [0.15, 0.2) is 0 Å². The minimum atomic E-state index is -0.495. The first kappa shape index (κ1) is 4.96. The fourth-order valence-electron chi connectivity index (χ4n) is 0. The van der Waals surface area contributed by atoms with Gasteiger partial charge in [0.25, 0.3) is 0 Å². The van der Waals surface area contributed by atoms with E-state index >= 15 is 0 Å². The van der Waals surface area contributed by atoms with E-state index in [1.165, 1.54) is 0 Å². The van der Waals surface area contributed by atoms with Gasteiger partial charge in [0.05, 0.1) is 0 Å². The summed E-state index contributed by atoms with van der Waals surface area (Å²) in [6.45, 7) is 4.69. The lowest BCUT2D eigenvalue weighted by Crippen LogP contribution is -1.75. The fraction of sp³-hybridized carbons (Fsp3) is 0.333. The summed E-state index contributed by atoms with van der Waals surface area (Å²) in [5, 5.41) is -0.495. The van der Waals surface area contributed by atoms with Gasteiger partial charge in [0.15, 0.2) is 0 Å². The van der Waals surface area contributed by atoms with Crippen molar-refractivity contribution >= 4 is 16.8 Å². The van der Waals surface area contributed by atoms with Crippen molar-refractivity contribution in [1.29, 1.82) is 0 Å². The maximum atomic E-state index is 9.45. The van der Waals surface area contributed by atoms with Crippen LogP contribution in [0.25, 0.3) is 0 Å². The molecule has 0 N–H and O–H groups in total. The zero-order valence-corrected chi connectivity index (χ0v) is 3.33. The van der Waals surface area contributed by atoms with E-state index < -0.39 is 5.24 Å². The van der Waals surface area contributed by atoms with E-state index in [4.69, 9.17) is 11.6 Å². The molecule has 0 aliphatic rings. The molecule has 0 rings (SSSR count). The number of carbonyl (C=O) groups is 1. The summed E-state index contributed by atoms with van der Waals surface area (Å²) in [7, 11) is 0. The van der Waals surface area contributed by atoms with Crippen molar-refractivity contribution in [2.75, 3.05) is 0 Å². The molecule has 0 saturated heterocycles. The Morgan fingerprint density at radius 3 is 2.20 bits per heavy atom. The first-order chi connectivity index (χ1) is 2.27. The molecule has 0 atom stereocenters. The molecule has 0 amide bonds. The molecule has 0 aliphatic carbocycles. The van der Waals surface area contributed by atoms with Crippen molar-refractivity contribution in [1.82, 2.24) is 0 Å². The Bertz CT molecular complexity index is 42.2. The van der Waals surface area contributed by atoms with Crippen molar-refractivity contribution in [2.45, 2.75) is 6.42 Å². The van der Waals surface area contributed by atoms with Crippen LogP contribution in [0.4, 0.5) is 0 Å². The monoisotopic (exact) mass is 90.0 g/mol. The Balaban J connectivity index is 2.85. The van der Waals surface area contributed by atoms with Crippen molar-refractivity contribution in [3.63, 3.8) is 0 Å². The van der Waals surface area contributed by atoms with E-state index in [2.05, 4.69) is 6.92 Å². The van der Waals surface area contributed by atoms with Gasteiger partial charge in [-0.1, -0.05) is 0 Å². The van der Waals surface area contributed by atoms with Gasteiger partial charge >= 0.3 is 0 Å². The summed E-state index contributed by atoms with van der Waals surface area (Å²) in [6.07, 6.45) is -0.0679. The molecular formula is C3H3ClO. The topological polar surface area (TPSA) is 17.1 Å². The Morgan fingerprint density at radius 1 is 2.00 bits per heavy atom. The van der Waals surface area contributed by atoms with E-state index in [9.17, 15) is 4.79 Å².